The maximum atomic E-state index is 12.3. The summed E-state index contributed by atoms with van der Waals surface area (Å²) in [6.07, 6.45) is 0.394. The molecule has 0 atom stereocenters. The molecule has 0 radical (unpaired) electrons. The fraction of sp³-hybridized carbons (Fsp3) is 0.235. The van der Waals surface area contributed by atoms with Gasteiger partial charge in [-0.25, -0.2) is 0 Å². The largest absolute Gasteiger partial charge is 0.496 e. The number of hydrogen-bond donors (Lipinski definition) is 0. The van der Waals surface area contributed by atoms with Gasteiger partial charge in [-0.15, -0.1) is 0 Å². The number of amides is 1. The van der Waals surface area contributed by atoms with Crippen molar-refractivity contribution in [2.75, 3.05) is 14.2 Å². The molecule has 0 N–H and O–H groups in total. The number of hydrogen-bond acceptors (Lipinski definition) is 2. The van der Waals surface area contributed by atoms with Gasteiger partial charge in [0.05, 0.1) is 13.5 Å². The van der Waals surface area contributed by atoms with Crippen molar-refractivity contribution in [1.82, 2.24) is 4.90 Å². The third-order valence-corrected chi connectivity index (χ3v) is 3.76. The molecule has 0 unspecified atom stereocenters. The summed E-state index contributed by atoms with van der Waals surface area (Å²) >= 11 is 3.42. The van der Waals surface area contributed by atoms with E-state index in [2.05, 4.69) is 15.9 Å². The molecule has 0 aliphatic heterocycles. The first-order chi connectivity index (χ1) is 10.1. The molecule has 21 heavy (non-hydrogen) atoms. The van der Waals surface area contributed by atoms with Gasteiger partial charge in [-0.3, -0.25) is 4.79 Å². The van der Waals surface area contributed by atoms with E-state index in [-0.39, 0.29) is 5.91 Å². The number of likely N-dealkylation sites (N-methyl/N-ethyl adjacent to an activating group) is 1. The minimum atomic E-state index is 0.0824. The molecule has 2 aromatic rings. The van der Waals surface area contributed by atoms with Crippen LogP contribution in [0.15, 0.2) is 53.0 Å². The molecular weight excluding hydrogens is 330 g/mol. The van der Waals surface area contributed by atoms with E-state index in [4.69, 9.17) is 4.74 Å². The van der Waals surface area contributed by atoms with Crippen LogP contribution in [0.2, 0.25) is 0 Å². The zero-order chi connectivity index (χ0) is 15.2. The molecule has 0 aliphatic carbocycles. The Labute approximate surface area is 133 Å². The summed E-state index contributed by atoms with van der Waals surface area (Å²) in [5, 5.41) is 0. The van der Waals surface area contributed by atoms with Crippen LogP contribution in [0.3, 0.4) is 0 Å². The zero-order valence-electron chi connectivity index (χ0n) is 12.2. The van der Waals surface area contributed by atoms with Crippen LogP contribution >= 0.6 is 15.9 Å². The van der Waals surface area contributed by atoms with Crippen LogP contribution in [0.5, 0.6) is 5.75 Å². The second-order valence-corrected chi connectivity index (χ2v) is 5.78. The van der Waals surface area contributed by atoms with E-state index in [0.717, 1.165) is 21.3 Å². The first-order valence-electron chi connectivity index (χ1n) is 6.70. The van der Waals surface area contributed by atoms with E-state index < -0.39 is 0 Å². The monoisotopic (exact) mass is 347 g/mol. The van der Waals surface area contributed by atoms with E-state index in [0.29, 0.717) is 13.0 Å². The number of carbonyl (C=O) groups excluding carboxylic acids is 1. The molecule has 3 nitrogen and oxygen atoms in total. The maximum absolute atomic E-state index is 12.3. The van der Waals surface area contributed by atoms with Crippen molar-refractivity contribution >= 4 is 21.8 Å². The number of ether oxygens (including phenoxy) is 1. The van der Waals surface area contributed by atoms with Crippen LogP contribution in [0.4, 0.5) is 0 Å². The summed E-state index contributed by atoms with van der Waals surface area (Å²) < 4.78 is 6.30. The van der Waals surface area contributed by atoms with Gasteiger partial charge in [0.2, 0.25) is 5.91 Å². The average molecular weight is 348 g/mol. The lowest BCUT2D eigenvalue weighted by molar-refractivity contribution is -0.129. The molecule has 4 heteroatoms. The Morgan fingerprint density at radius 3 is 2.67 bits per heavy atom. The summed E-state index contributed by atoms with van der Waals surface area (Å²) in [6.45, 7) is 0.539. The molecule has 110 valence electrons. The van der Waals surface area contributed by atoms with Gasteiger partial charge in [0.1, 0.15) is 5.75 Å². The van der Waals surface area contributed by atoms with Crippen LogP contribution < -0.4 is 4.74 Å². The summed E-state index contributed by atoms with van der Waals surface area (Å²) in [6, 6.07) is 15.6. The standard InChI is InChI=1S/C17H18BrNO2/c1-19(12-14-7-3-4-9-16(14)21-2)17(20)11-13-6-5-8-15(18)10-13/h3-10H,11-12H2,1-2H3. The quantitative estimate of drug-likeness (QED) is 0.825. The van der Waals surface area contributed by atoms with Gasteiger partial charge in [0, 0.05) is 23.6 Å². The van der Waals surface area contributed by atoms with Crippen molar-refractivity contribution < 1.29 is 9.53 Å². The molecule has 0 spiro atoms. The Morgan fingerprint density at radius 2 is 1.95 bits per heavy atom. The highest BCUT2D eigenvalue weighted by Crippen LogP contribution is 2.19. The number of carbonyl (C=O) groups is 1. The fourth-order valence-corrected chi connectivity index (χ4v) is 2.58. The molecule has 0 heterocycles. The molecular formula is C17H18BrNO2. The second-order valence-electron chi connectivity index (χ2n) is 4.87. The van der Waals surface area contributed by atoms with Crippen LogP contribution in [0.25, 0.3) is 0 Å². The summed E-state index contributed by atoms with van der Waals surface area (Å²) in [7, 11) is 3.45. The van der Waals surface area contributed by atoms with Gasteiger partial charge in [-0.2, -0.15) is 0 Å². The molecule has 0 saturated carbocycles. The average Bonchev–Trinajstić information content (AvgIpc) is 2.47. The van der Waals surface area contributed by atoms with Crippen molar-refractivity contribution in [3.05, 3.63) is 64.1 Å². The molecule has 0 aliphatic rings. The van der Waals surface area contributed by atoms with Crippen LogP contribution in [-0.4, -0.2) is 25.0 Å². The lowest BCUT2D eigenvalue weighted by Gasteiger charge is -2.19. The minimum Gasteiger partial charge on any atom is -0.496 e. The number of benzene rings is 2. The Kier molecular flexibility index (Phi) is 5.39. The van der Waals surface area contributed by atoms with Gasteiger partial charge >= 0.3 is 0 Å². The number of methoxy groups -OCH3 is 1. The van der Waals surface area contributed by atoms with Gasteiger partial charge in [-0.1, -0.05) is 46.3 Å². The third-order valence-electron chi connectivity index (χ3n) is 3.27. The Hall–Kier alpha value is -1.81. The first kappa shape index (κ1) is 15.6. The molecule has 0 fully saturated rings. The van der Waals surface area contributed by atoms with Crippen LogP contribution in [0.1, 0.15) is 11.1 Å². The van der Waals surface area contributed by atoms with Gasteiger partial charge in [0.15, 0.2) is 0 Å². The zero-order valence-corrected chi connectivity index (χ0v) is 13.8. The highest BCUT2D eigenvalue weighted by atomic mass is 79.9. The van der Waals surface area contributed by atoms with E-state index in [9.17, 15) is 4.79 Å². The predicted octanol–water partition coefficient (Wildman–Crippen LogP) is 3.66. The summed E-state index contributed by atoms with van der Waals surface area (Å²) in [4.78, 5) is 14.0. The number of rotatable bonds is 5. The highest BCUT2D eigenvalue weighted by molar-refractivity contribution is 9.10. The van der Waals surface area contributed by atoms with Crippen molar-refractivity contribution in [2.45, 2.75) is 13.0 Å². The minimum absolute atomic E-state index is 0.0824. The first-order valence-corrected chi connectivity index (χ1v) is 7.49. The number of para-hydroxylation sites is 1. The predicted molar refractivity (Wildman–Crippen MR) is 87.3 cm³/mol. The van der Waals surface area contributed by atoms with Crippen molar-refractivity contribution in [3.8, 4) is 5.75 Å². The van der Waals surface area contributed by atoms with Crippen molar-refractivity contribution in [3.63, 3.8) is 0 Å². The SMILES string of the molecule is COc1ccccc1CN(C)C(=O)Cc1cccc(Br)c1. The molecule has 0 aromatic heterocycles. The second kappa shape index (κ2) is 7.27. The number of halogens is 1. The summed E-state index contributed by atoms with van der Waals surface area (Å²) in [5.74, 6) is 0.888. The third kappa shape index (κ3) is 4.33. The maximum Gasteiger partial charge on any atom is 0.227 e. The Balaban J connectivity index is 2.02. The molecule has 2 rings (SSSR count). The Morgan fingerprint density at radius 1 is 1.19 bits per heavy atom. The van der Waals surface area contributed by atoms with Gasteiger partial charge in [0.25, 0.3) is 0 Å². The van der Waals surface area contributed by atoms with Gasteiger partial charge in [-0.05, 0) is 23.8 Å². The van der Waals surface area contributed by atoms with Crippen LogP contribution in [-0.2, 0) is 17.8 Å². The van der Waals surface area contributed by atoms with E-state index in [1.165, 1.54) is 0 Å². The van der Waals surface area contributed by atoms with Gasteiger partial charge < -0.3 is 9.64 Å². The normalized spacial score (nSPS) is 10.2. The molecule has 0 bridgehead atoms. The lowest BCUT2D eigenvalue weighted by atomic mass is 10.1. The Bertz CT molecular complexity index is 628. The van der Waals surface area contributed by atoms with E-state index >= 15 is 0 Å². The van der Waals surface area contributed by atoms with E-state index in [1.54, 1.807) is 12.0 Å². The molecule has 2 aromatic carbocycles. The molecule has 0 saturated heterocycles. The smallest absolute Gasteiger partial charge is 0.227 e. The number of nitrogens with zero attached hydrogens (tertiary/aromatic N) is 1. The highest BCUT2D eigenvalue weighted by Gasteiger charge is 2.12. The van der Waals surface area contributed by atoms with Crippen molar-refractivity contribution in [1.29, 1.82) is 0 Å². The molecule has 1 amide bonds. The summed E-state index contributed by atoms with van der Waals surface area (Å²) in [5.41, 5.74) is 2.01. The van der Waals surface area contributed by atoms with E-state index in [1.807, 2.05) is 55.6 Å². The van der Waals surface area contributed by atoms with Crippen LogP contribution in [0, 0.1) is 0 Å². The topological polar surface area (TPSA) is 29.5 Å². The fourth-order valence-electron chi connectivity index (χ4n) is 2.13. The lowest BCUT2D eigenvalue weighted by Crippen LogP contribution is -2.27. The van der Waals surface area contributed by atoms with Crippen molar-refractivity contribution in [2.24, 2.45) is 0 Å².